The van der Waals surface area contributed by atoms with Gasteiger partial charge in [0, 0.05) is 1.43 Å². The van der Waals surface area contributed by atoms with E-state index >= 15 is 0 Å². The number of allylic oxidation sites excluding steroid dienone is 6. The van der Waals surface area contributed by atoms with Crippen LogP contribution in [0.4, 0.5) is 0 Å². The fraction of sp³-hybridized carbons (Fsp3) is 0.182. The number of unbranched alkanes of at least 4 members (excludes halogenated alkanes) is 1. The number of aryl methyl sites for hydroxylation is 9. The molecule has 20 aromatic carbocycles. The molecule has 6 aliphatic rings. The number of benzene rings is 20. The van der Waals surface area contributed by atoms with Crippen molar-refractivity contribution in [2.24, 2.45) is 0 Å². The number of hydrogen-bond donors (Lipinski definition) is 0. The van der Waals surface area contributed by atoms with Crippen molar-refractivity contribution in [3.8, 4) is 0 Å². The minimum Gasteiger partial charge on any atom is -0.0795 e. The Hall–Kier alpha value is -14.6. The Labute approximate surface area is 818 Å². The molecule has 0 unspecified atom stereocenters. The van der Waals surface area contributed by atoms with Crippen LogP contribution in [-0.4, -0.2) is 0 Å². The highest BCUT2D eigenvalue weighted by Gasteiger charge is 2.20. The maximum atomic E-state index is 2.36. The average Bonchev–Trinajstić information content (AvgIpc) is 0.749. The summed E-state index contributed by atoms with van der Waals surface area (Å²) < 4.78 is 0. The van der Waals surface area contributed by atoms with Crippen LogP contribution in [0.3, 0.4) is 0 Å². The fourth-order valence-electron chi connectivity index (χ4n) is 19.6. The van der Waals surface area contributed by atoms with Crippen molar-refractivity contribution in [3.63, 3.8) is 0 Å². The van der Waals surface area contributed by atoms with E-state index in [2.05, 4.69) is 441 Å². The van der Waals surface area contributed by atoms with Crippen LogP contribution in [0.15, 0.2) is 467 Å². The summed E-state index contributed by atoms with van der Waals surface area (Å²) >= 11 is 0. The monoisotopic (exact) mass is 1780 g/mol. The molecule has 137 heavy (non-hydrogen) atoms. The summed E-state index contributed by atoms with van der Waals surface area (Å²) in [6.07, 6.45) is 40.4. The summed E-state index contributed by atoms with van der Waals surface area (Å²) in [6.45, 7) is 11.1. The second-order valence-corrected chi connectivity index (χ2v) is 36.0. The number of hydrogen-bond acceptors (Lipinski definition) is 0. The van der Waals surface area contributed by atoms with Gasteiger partial charge in [0.2, 0.25) is 0 Å². The lowest BCUT2D eigenvalue weighted by Gasteiger charge is -2.22. The Balaban J connectivity index is 0.000000121. The van der Waals surface area contributed by atoms with Crippen LogP contribution >= 0.6 is 0 Å². The van der Waals surface area contributed by atoms with Crippen molar-refractivity contribution >= 4 is 104 Å². The zero-order valence-electron chi connectivity index (χ0n) is 81.3. The van der Waals surface area contributed by atoms with Gasteiger partial charge in [-0.2, -0.15) is 0 Å². The molecule has 0 bridgehead atoms. The van der Waals surface area contributed by atoms with Crippen molar-refractivity contribution in [2.75, 3.05) is 0 Å². The molecule has 0 heterocycles. The summed E-state index contributed by atoms with van der Waals surface area (Å²) in [5.41, 5.74) is 25.3. The molecular weight excluding hydrogens is 1650 g/mol. The Morgan fingerprint density at radius 2 is 0.584 bits per heavy atom. The molecule has 0 atom stereocenters. The molecule has 20 aromatic rings. The molecule has 0 aromatic heterocycles. The van der Waals surface area contributed by atoms with Crippen LogP contribution < -0.4 is 0 Å². The summed E-state index contributed by atoms with van der Waals surface area (Å²) in [6, 6.07) is 154. The molecule has 0 N–H and O–H groups in total. The van der Waals surface area contributed by atoms with Crippen molar-refractivity contribution in [1.82, 2.24) is 0 Å². The normalized spacial score (nSPS) is 12.3. The maximum Gasteiger partial charge on any atom is 0 e. The molecule has 0 saturated heterocycles. The van der Waals surface area contributed by atoms with Gasteiger partial charge in [0.15, 0.2) is 0 Å². The highest BCUT2D eigenvalue weighted by atomic mass is 14.2. The molecule has 0 fully saturated rings. The minimum atomic E-state index is 0. The average molecular weight is 1780 g/mol. The topological polar surface area (TPSA) is 0 Å². The predicted octanol–water partition coefficient (Wildman–Crippen LogP) is 37.6. The third-order valence-electron chi connectivity index (χ3n) is 26.5. The first kappa shape index (κ1) is 97.0. The summed E-state index contributed by atoms with van der Waals surface area (Å²) in [5.74, 6) is 0. The largest absolute Gasteiger partial charge is 0.0795 e. The van der Waals surface area contributed by atoms with Crippen molar-refractivity contribution in [1.29, 1.82) is 0 Å². The van der Waals surface area contributed by atoms with Crippen LogP contribution in [0.2, 0.25) is 0 Å². The lowest BCUT2D eigenvalue weighted by Crippen LogP contribution is -2.04. The lowest BCUT2D eigenvalue weighted by atomic mass is 9.82. The third-order valence-corrected chi connectivity index (χ3v) is 26.5. The predicted molar refractivity (Wildman–Crippen MR) is 603 cm³/mol. The molecule has 0 heteroatoms. The zero-order valence-corrected chi connectivity index (χ0v) is 81.3. The molecular formula is C137H136. The third kappa shape index (κ3) is 27.2. The first-order valence-electron chi connectivity index (χ1n) is 50.6. The highest BCUT2D eigenvalue weighted by Crippen LogP contribution is 2.40. The van der Waals surface area contributed by atoms with Gasteiger partial charge in [0.1, 0.15) is 0 Å². The molecule has 0 amide bonds. The molecule has 0 nitrogen and oxygen atoms in total. The first-order chi connectivity index (χ1) is 67.8. The van der Waals surface area contributed by atoms with Gasteiger partial charge >= 0.3 is 0 Å². The second-order valence-electron chi connectivity index (χ2n) is 36.0. The van der Waals surface area contributed by atoms with E-state index in [4.69, 9.17) is 0 Å². The first-order valence-corrected chi connectivity index (χ1v) is 50.6. The SMILES string of the molecule is C1=CC2=CCc3cccc4ccc(c2c34)C1.C1=Cc2cccc3cccc(c23)C1.CCCCc1ccccc1.CCCc1ccc2cccc3c2c1C=CC3.CCCc1cccc2ccccc12.CCc1ccccc1CC.[3HH].c1cc2c3c(cccc3c1)CCC2.c1ccc2c(c1)CCCC2.c1ccc2cc3ccccc3cc2c1.c1ccc2ccccc2c1.c1ccccc1.c1ccccc1. The quantitative estimate of drug-likeness (QED) is 0.126. The van der Waals surface area contributed by atoms with Crippen LogP contribution in [-0.2, 0) is 83.5 Å². The number of fused-ring (bicyclic) bond motifs is 5. The van der Waals surface area contributed by atoms with E-state index in [0.29, 0.717) is 0 Å². The Morgan fingerprint density at radius 3 is 1.11 bits per heavy atom. The Kier molecular flexibility index (Phi) is 37.1. The second kappa shape index (κ2) is 52.3. The maximum absolute atomic E-state index is 2.36. The number of rotatable bonds is 9. The molecule has 0 spiro atoms. The molecule has 26 rings (SSSR count). The van der Waals surface area contributed by atoms with Crippen LogP contribution in [0.5, 0.6) is 0 Å². The van der Waals surface area contributed by atoms with Gasteiger partial charge in [0.05, 0.1) is 0 Å². The lowest BCUT2D eigenvalue weighted by molar-refractivity contribution is 0.685. The van der Waals surface area contributed by atoms with E-state index in [9.17, 15) is 0 Å². The molecule has 0 saturated carbocycles. The van der Waals surface area contributed by atoms with E-state index in [-0.39, 0.29) is 1.43 Å². The van der Waals surface area contributed by atoms with Gasteiger partial charge in [0.25, 0.3) is 0 Å². The Morgan fingerprint density at radius 1 is 0.219 bits per heavy atom. The molecule has 6 aliphatic carbocycles. The zero-order chi connectivity index (χ0) is 94.1. The molecule has 0 aliphatic heterocycles. The van der Waals surface area contributed by atoms with E-state index in [0.717, 1.165) is 38.5 Å². The van der Waals surface area contributed by atoms with Crippen molar-refractivity contribution < 1.29 is 1.43 Å². The van der Waals surface area contributed by atoms with Gasteiger partial charge in [-0.15, -0.1) is 0 Å². The smallest absolute Gasteiger partial charge is 0 e. The van der Waals surface area contributed by atoms with Crippen LogP contribution in [0.25, 0.3) is 104 Å². The minimum absolute atomic E-state index is 0. The van der Waals surface area contributed by atoms with Gasteiger partial charge < -0.3 is 0 Å². The molecule has 684 valence electrons. The van der Waals surface area contributed by atoms with Crippen LogP contribution in [0.1, 0.15) is 170 Å². The Bertz CT molecular complexity index is 6940. The fourth-order valence-corrected chi connectivity index (χ4v) is 19.6. The summed E-state index contributed by atoms with van der Waals surface area (Å²) in [7, 11) is 0. The molecule has 0 radical (unpaired) electrons. The van der Waals surface area contributed by atoms with Crippen molar-refractivity contribution in [2.45, 2.75) is 163 Å². The highest BCUT2D eigenvalue weighted by molar-refractivity contribution is 6.03. The van der Waals surface area contributed by atoms with E-state index in [1.54, 1.807) is 22.3 Å². The van der Waals surface area contributed by atoms with Gasteiger partial charge in [-0.25, -0.2) is 0 Å². The van der Waals surface area contributed by atoms with E-state index < -0.39 is 0 Å². The van der Waals surface area contributed by atoms with Crippen molar-refractivity contribution in [3.05, 3.63) is 556 Å². The van der Waals surface area contributed by atoms with Crippen LogP contribution in [0, 0.1) is 0 Å². The standard InChI is InChI=1S/C16H12.C16H16.C14H10.C13H12.C13H10.C13H14.C10H12.C10H8.2C10H14.2C6H6.H2/c1-3-11-7-9-13-5-2-6-14-10-8-12(4-1)15(11)16(13)14;1-2-5-12-10-11-14-7-3-6-13-8-4-9-15(12)16(13)14;1-2-6-12-10-14-8-4-3-7-13(14)9-11(12)5-1;2*1-4-10-6-2-8-12-9-3-7-11(5-1)13(10)12;1-2-6-11-8-5-9-12-7-3-4-10-13(11)12;2*1-2-6-10-8-4-3-7-9(10)5-1;1-3-9-7-5-6-8-10(9)4-2;1-2-3-7-10-8-5-4-6-9-10;2*1-2-4-6-5-3-1;/h1-5,8-10H,6-7H2;3-4,6-7,9-11H,2,5,8H2,1H3;1-10H;1-2,4-6,8H,3,7,9H2;1-8H,9H2;3-5,7-10H,2,6H2,1H3;1-2,5-6H,3-4,7-8H2;1-8H;5-8H,3-4H2,1-2H3;4-6,8-9H,2-3,7H2,1H3;2*1-6H;1H/i;;;;;;;;;;;;1+2. The van der Waals surface area contributed by atoms with Gasteiger partial charge in [-0.3, -0.25) is 0 Å². The summed E-state index contributed by atoms with van der Waals surface area (Å²) in [4.78, 5) is 0. The summed E-state index contributed by atoms with van der Waals surface area (Å²) in [5, 5.41) is 22.1. The van der Waals surface area contributed by atoms with Gasteiger partial charge in [-0.1, -0.05) is 521 Å². The van der Waals surface area contributed by atoms with E-state index in [1.165, 1.54) is 248 Å². The van der Waals surface area contributed by atoms with Gasteiger partial charge in [-0.05, 0) is 302 Å². The van der Waals surface area contributed by atoms with E-state index in [1.807, 2.05) is 72.8 Å².